The minimum atomic E-state index is 0.786. The lowest BCUT2D eigenvalue weighted by Crippen LogP contribution is -2.43. The van der Waals surface area contributed by atoms with Gasteiger partial charge in [0.25, 0.3) is 0 Å². The number of ether oxygens (including phenoxy) is 2. The number of benzene rings is 2. The number of methoxy groups -OCH3 is 1. The van der Waals surface area contributed by atoms with Crippen molar-refractivity contribution in [3.8, 4) is 16.9 Å². The summed E-state index contributed by atoms with van der Waals surface area (Å²) in [5.74, 6) is 1.70. The maximum absolute atomic E-state index is 5.45. The Labute approximate surface area is 175 Å². The molecule has 0 aliphatic carbocycles. The number of rotatable bonds is 7. The molecule has 4 rings (SSSR count). The van der Waals surface area contributed by atoms with Crippen LogP contribution in [0.1, 0.15) is 18.4 Å². The highest BCUT2D eigenvalue weighted by molar-refractivity contribution is 5.68. The van der Waals surface area contributed by atoms with E-state index in [1.165, 1.54) is 62.1 Å². The van der Waals surface area contributed by atoms with Gasteiger partial charge in [-0.3, -0.25) is 4.90 Å². The molecular weight excluding hydrogens is 360 g/mol. The molecule has 2 fully saturated rings. The Hall–Kier alpha value is -1.88. The minimum Gasteiger partial charge on any atom is -0.497 e. The van der Waals surface area contributed by atoms with Crippen LogP contribution < -0.4 is 4.74 Å². The molecule has 0 atom stereocenters. The van der Waals surface area contributed by atoms with E-state index in [4.69, 9.17) is 9.47 Å². The summed E-state index contributed by atoms with van der Waals surface area (Å²) in [5.41, 5.74) is 4.12. The molecule has 0 saturated carbocycles. The Balaban J connectivity index is 1.30. The molecule has 0 unspecified atom stereocenters. The molecule has 29 heavy (non-hydrogen) atoms. The van der Waals surface area contributed by atoms with E-state index in [2.05, 4.69) is 58.3 Å². The van der Waals surface area contributed by atoms with Crippen molar-refractivity contribution in [2.75, 3.05) is 59.6 Å². The molecule has 4 nitrogen and oxygen atoms in total. The first-order valence-corrected chi connectivity index (χ1v) is 11.1. The van der Waals surface area contributed by atoms with Gasteiger partial charge >= 0.3 is 0 Å². The third-order valence-corrected chi connectivity index (χ3v) is 6.47. The smallest absolute Gasteiger partial charge is 0.118 e. The molecule has 2 aliphatic rings. The van der Waals surface area contributed by atoms with Crippen LogP contribution in [0.3, 0.4) is 0 Å². The molecule has 2 aromatic carbocycles. The first-order chi connectivity index (χ1) is 14.3. The molecule has 2 aromatic rings. The van der Waals surface area contributed by atoms with Gasteiger partial charge in [-0.05, 0) is 67.1 Å². The maximum atomic E-state index is 5.45. The van der Waals surface area contributed by atoms with Crippen molar-refractivity contribution in [2.24, 2.45) is 5.92 Å². The van der Waals surface area contributed by atoms with Crippen LogP contribution in [0.4, 0.5) is 0 Å². The van der Waals surface area contributed by atoms with E-state index in [1.807, 2.05) is 0 Å². The fourth-order valence-electron chi connectivity index (χ4n) is 4.58. The van der Waals surface area contributed by atoms with E-state index in [9.17, 15) is 0 Å². The lowest BCUT2D eigenvalue weighted by molar-refractivity contribution is 0.0314. The van der Waals surface area contributed by atoms with Crippen molar-refractivity contribution in [1.82, 2.24) is 9.80 Å². The van der Waals surface area contributed by atoms with E-state index in [0.29, 0.717) is 0 Å². The van der Waals surface area contributed by atoms with E-state index in [0.717, 1.165) is 38.0 Å². The number of likely N-dealkylation sites (tertiary alicyclic amines) is 1. The van der Waals surface area contributed by atoms with Gasteiger partial charge in [0.15, 0.2) is 0 Å². The molecule has 0 spiro atoms. The van der Waals surface area contributed by atoms with E-state index < -0.39 is 0 Å². The molecular formula is C25H34N2O2. The second-order valence-corrected chi connectivity index (χ2v) is 8.33. The van der Waals surface area contributed by atoms with Crippen molar-refractivity contribution in [3.63, 3.8) is 0 Å². The molecule has 0 bridgehead atoms. The van der Waals surface area contributed by atoms with Gasteiger partial charge in [-0.15, -0.1) is 0 Å². The Morgan fingerprint density at radius 3 is 2.21 bits per heavy atom. The Morgan fingerprint density at radius 2 is 1.52 bits per heavy atom. The van der Waals surface area contributed by atoms with Gasteiger partial charge in [0.05, 0.1) is 20.3 Å². The number of morpholine rings is 1. The number of nitrogens with zero attached hydrogens (tertiary/aromatic N) is 2. The lowest BCUT2D eigenvalue weighted by Gasteiger charge is -2.34. The summed E-state index contributed by atoms with van der Waals surface area (Å²) in [4.78, 5) is 5.20. The van der Waals surface area contributed by atoms with Crippen molar-refractivity contribution < 1.29 is 9.47 Å². The van der Waals surface area contributed by atoms with Crippen LogP contribution in [0.2, 0.25) is 0 Å². The summed E-state index contributed by atoms with van der Waals surface area (Å²) in [6.45, 7) is 8.85. The monoisotopic (exact) mass is 394 g/mol. The highest BCUT2D eigenvalue weighted by atomic mass is 16.5. The van der Waals surface area contributed by atoms with E-state index in [1.54, 1.807) is 7.11 Å². The summed E-state index contributed by atoms with van der Waals surface area (Å²) in [7, 11) is 1.72. The molecule has 0 aromatic heterocycles. The predicted molar refractivity (Wildman–Crippen MR) is 119 cm³/mol. The molecule has 2 heterocycles. The van der Waals surface area contributed by atoms with Gasteiger partial charge < -0.3 is 14.4 Å². The molecule has 4 heteroatoms. The summed E-state index contributed by atoms with van der Waals surface area (Å²) in [5, 5.41) is 0. The van der Waals surface area contributed by atoms with Crippen LogP contribution in [-0.2, 0) is 11.2 Å². The highest BCUT2D eigenvalue weighted by Gasteiger charge is 2.21. The van der Waals surface area contributed by atoms with Gasteiger partial charge in [-0.1, -0.05) is 36.4 Å². The topological polar surface area (TPSA) is 24.9 Å². The largest absolute Gasteiger partial charge is 0.497 e. The zero-order valence-corrected chi connectivity index (χ0v) is 17.7. The van der Waals surface area contributed by atoms with Crippen LogP contribution in [0.25, 0.3) is 11.1 Å². The van der Waals surface area contributed by atoms with Crippen molar-refractivity contribution in [3.05, 3.63) is 54.1 Å². The molecule has 2 aliphatic heterocycles. The number of hydrogen-bond acceptors (Lipinski definition) is 4. The number of hydrogen-bond donors (Lipinski definition) is 0. The zero-order chi connectivity index (χ0) is 19.9. The molecule has 0 amide bonds. The maximum Gasteiger partial charge on any atom is 0.118 e. The summed E-state index contributed by atoms with van der Waals surface area (Å²) in [6.07, 6.45) is 3.79. The first kappa shape index (κ1) is 20.4. The van der Waals surface area contributed by atoms with Gasteiger partial charge in [0, 0.05) is 26.2 Å². The summed E-state index contributed by atoms with van der Waals surface area (Å²) < 4.78 is 10.8. The SMILES string of the molecule is COc1ccc(-c2ccccc2CC2CCN(CCN3CCOCC3)CC2)cc1. The van der Waals surface area contributed by atoms with Crippen molar-refractivity contribution in [1.29, 1.82) is 0 Å². The fourth-order valence-corrected chi connectivity index (χ4v) is 4.58. The standard InChI is InChI=1S/C25H34N2O2/c1-28-24-8-6-22(7-9-24)25-5-3-2-4-23(25)20-21-10-12-26(13-11-21)14-15-27-16-18-29-19-17-27/h2-9,21H,10-20H2,1H3. The average Bonchev–Trinajstić information content (AvgIpc) is 2.80. The molecule has 0 radical (unpaired) electrons. The average molecular weight is 395 g/mol. The molecule has 2 saturated heterocycles. The van der Waals surface area contributed by atoms with E-state index in [-0.39, 0.29) is 0 Å². The van der Waals surface area contributed by atoms with Crippen LogP contribution in [0.15, 0.2) is 48.5 Å². The summed E-state index contributed by atoms with van der Waals surface area (Å²) in [6, 6.07) is 17.4. The van der Waals surface area contributed by atoms with Crippen LogP contribution in [0, 0.1) is 5.92 Å². The van der Waals surface area contributed by atoms with Crippen molar-refractivity contribution in [2.45, 2.75) is 19.3 Å². The summed E-state index contributed by atoms with van der Waals surface area (Å²) >= 11 is 0. The van der Waals surface area contributed by atoms with Gasteiger partial charge in [-0.2, -0.15) is 0 Å². The quantitative estimate of drug-likeness (QED) is 0.710. The van der Waals surface area contributed by atoms with Gasteiger partial charge in [0.2, 0.25) is 0 Å². The lowest BCUT2D eigenvalue weighted by atomic mass is 9.87. The fraction of sp³-hybridized carbons (Fsp3) is 0.520. The second kappa shape index (κ2) is 10.2. The van der Waals surface area contributed by atoms with Crippen LogP contribution in [-0.4, -0.2) is 69.4 Å². The van der Waals surface area contributed by atoms with E-state index >= 15 is 0 Å². The third-order valence-electron chi connectivity index (χ3n) is 6.47. The molecule has 0 N–H and O–H groups in total. The number of piperidine rings is 1. The normalized spacial score (nSPS) is 19.3. The first-order valence-electron chi connectivity index (χ1n) is 11.1. The minimum absolute atomic E-state index is 0.786. The predicted octanol–water partition coefficient (Wildman–Crippen LogP) is 3.95. The van der Waals surface area contributed by atoms with Crippen LogP contribution >= 0.6 is 0 Å². The Kier molecular flexibility index (Phi) is 7.20. The second-order valence-electron chi connectivity index (χ2n) is 8.33. The van der Waals surface area contributed by atoms with Gasteiger partial charge in [0.1, 0.15) is 5.75 Å². The molecule has 156 valence electrons. The van der Waals surface area contributed by atoms with Crippen LogP contribution in [0.5, 0.6) is 5.75 Å². The van der Waals surface area contributed by atoms with Gasteiger partial charge in [-0.25, -0.2) is 0 Å². The third kappa shape index (κ3) is 5.59. The zero-order valence-electron chi connectivity index (χ0n) is 17.7. The Bertz CT molecular complexity index is 748. The Morgan fingerprint density at radius 1 is 0.862 bits per heavy atom. The van der Waals surface area contributed by atoms with Crippen molar-refractivity contribution >= 4 is 0 Å². The highest BCUT2D eigenvalue weighted by Crippen LogP contribution is 2.30.